The fourth-order valence-corrected chi connectivity index (χ4v) is 4.85. The molecule has 0 N–H and O–H groups in total. The van der Waals surface area contributed by atoms with Crippen LogP contribution in [-0.2, 0) is 17.9 Å². The van der Waals surface area contributed by atoms with Crippen molar-refractivity contribution in [3.05, 3.63) is 141 Å². The Labute approximate surface area is 224 Å². The fraction of sp³-hybridized carbons (Fsp3) is 0.0667. The Morgan fingerprint density at radius 3 is 2.21 bits per heavy atom. The topological polar surface area (TPSA) is 85.0 Å². The van der Waals surface area contributed by atoms with Crippen molar-refractivity contribution in [2.75, 3.05) is 0 Å². The molecule has 0 radical (unpaired) electrons. The minimum absolute atomic E-state index is 0.0312. The van der Waals surface area contributed by atoms with Gasteiger partial charge in [-0.05, 0) is 59.3 Å². The van der Waals surface area contributed by atoms with E-state index in [0.717, 1.165) is 22.4 Å². The number of benzene rings is 4. The number of hydrogen-bond acceptors (Lipinski definition) is 6. The molecule has 1 saturated heterocycles. The highest BCUT2D eigenvalue weighted by atomic mass is 32.2. The van der Waals surface area contributed by atoms with Gasteiger partial charge in [0.1, 0.15) is 12.4 Å². The molecule has 4 aromatic rings. The van der Waals surface area contributed by atoms with Crippen molar-refractivity contribution in [2.24, 2.45) is 4.99 Å². The minimum Gasteiger partial charge on any atom is -0.488 e. The van der Waals surface area contributed by atoms with Gasteiger partial charge in [0.15, 0.2) is 5.17 Å². The predicted octanol–water partition coefficient (Wildman–Crippen LogP) is 6.98. The summed E-state index contributed by atoms with van der Waals surface area (Å²) in [6, 6.07) is 33.1. The number of nitro benzene ring substituents is 1. The molecule has 0 atom stereocenters. The van der Waals surface area contributed by atoms with E-state index in [0.29, 0.717) is 22.4 Å². The first-order valence-electron chi connectivity index (χ1n) is 11.9. The summed E-state index contributed by atoms with van der Waals surface area (Å²) in [7, 11) is 0. The van der Waals surface area contributed by atoms with Gasteiger partial charge in [0, 0.05) is 17.7 Å². The smallest absolute Gasteiger partial charge is 0.269 e. The fourth-order valence-electron chi connectivity index (χ4n) is 3.86. The van der Waals surface area contributed by atoms with Crippen LogP contribution in [0.1, 0.15) is 16.7 Å². The summed E-state index contributed by atoms with van der Waals surface area (Å²) in [5, 5.41) is 11.5. The lowest BCUT2D eigenvalue weighted by Crippen LogP contribution is -2.28. The van der Waals surface area contributed by atoms with E-state index in [4.69, 9.17) is 9.73 Å². The average molecular weight is 522 g/mol. The van der Waals surface area contributed by atoms with Crippen LogP contribution in [0.5, 0.6) is 5.75 Å². The largest absolute Gasteiger partial charge is 0.488 e. The van der Waals surface area contributed by atoms with Crippen LogP contribution in [0.2, 0.25) is 0 Å². The van der Waals surface area contributed by atoms with Gasteiger partial charge < -0.3 is 4.74 Å². The molecule has 5 rings (SSSR count). The number of rotatable bonds is 8. The molecule has 0 aromatic heterocycles. The van der Waals surface area contributed by atoms with Gasteiger partial charge in [-0.1, -0.05) is 66.7 Å². The second-order valence-corrected chi connectivity index (χ2v) is 9.48. The molecule has 1 heterocycles. The molecule has 1 aliphatic heterocycles. The number of thioether (sulfide) groups is 1. The number of para-hydroxylation sites is 2. The Kier molecular flexibility index (Phi) is 7.61. The van der Waals surface area contributed by atoms with Gasteiger partial charge in [-0.15, -0.1) is 0 Å². The number of nitrogens with zero attached hydrogens (tertiary/aromatic N) is 3. The van der Waals surface area contributed by atoms with Crippen LogP contribution in [0.15, 0.2) is 119 Å². The molecule has 0 unspecified atom stereocenters. The molecule has 1 fully saturated rings. The lowest BCUT2D eigenvalue weighted by molar-refractivity contribution is -0.384. The molecule has 7 nitrogen and oxygen atoms in total. The molecule has 38 heavy (non-hydrogen) atoms. The zero-order valence-electron chi connectivity index (χ0n) is 20.3. The van der Waals surface area contributed by atoms with Crippen molar-refractivity contribution in [3.8, 4) is 5.75 Å². The molecule has 0 bridgehead atoms. The van der Waals surface area contributed by atoms with Crippen molar-refractivity contribution in [1.82, 2.24) is 4.90 Å². The summed E-state index contributed by atoms with van der Waals surface area (Å²) < 4.78 is 6.04. The number of amides is 1. The van der Waals surface area contributed by atoms with E-state index >= 15 is 0 Å². The summed E-state index contributed by atoms with van der Waals surface area (Å²) >= 11 is 1.33. The predicted molar refractivity (Wildman–Crippen MR) is 150 cm³/mol. The highest BCUT2D eigenvalue weighted by Gasteiger charge is 2.33. The number of hydrogen-bond donors (Lipinski definition) is 0. The summed E-state index contributed by atoms with van der Waals surface area (Å²) in [4.78, 5) is 31.0. The average Bonchev–Trinajstić information content (AvgIpc) is 3.22. The number of non-ortho nitro benzene ring substituents is 1. The number of ether oxygens (including phenoxy) is 1. The zero-order chi connectivity index (χ0) is 26.3. The molecule has 188 valence electrons. The van der Waals surface area contributed by atoms with Crippen LogP contribution in [0.25, 0.3) is 6.08 Å². The molecule has 0 spiro atoms. The van der Waals surface area contributed by atoms with Gasteiger partial charge >= 0.3 is 0 Å². The molecular formula is C30H23N3O4S. The monoisotopic (exact) mass is 521 g/mol. The van der Waals surface area contributed by atoms with Gasteiger partial charge in [-0.2, -0.15) is 0 Å². The van der Waals surface area contributed by atoms with E-state index in [-0.39, 0.29) is 18.2 Å². The van der Waals surface area contributed by atoms with Gasteiger partial charge in [-0.3, -0.25) is 19.8 Å². The first-order valence-corrected chi connectivity index (χ1v) is 12.7. The van der Waals surface area contributed by atoms with Gasteiger partial charge in [0.05, 0.1) is 22.1 Å². The number of amidine groups is 1. The Hall–Kier alpha value is -4.69. The second-order valence-electron chi connectivity index (χ2n) is 8.47. The lowest BCUT2D eigenvalue weighted by atomic mass is 10.1. The quantitative estimate of drug-likeness (QED) is 0.142. The highest BCUT2D eigenvalue weighted by Crippen LogP contribution is 2.36. The van der Waals surface area contributed by atoms with Gasteiger partial charge in [0.2, 0.25) is 0 Å². The SMILES string of the molecule is O=C1/C(=C\c2ccccc2OCc2ccc([N+](=O)[O-])cc2)SC(=Nc2ccccc2)N1Cc1ccccc1. The first kappa shape index (κ1) is 25.0. The van der Waals surface area contributed by atoms with Crippen LogP contribution in [0, 0.1) is 10.1 Å². The van der Waals surface area contributed by atoms with Gasteiger partial charge in [-0.25, -0.2) is 4.99 Å². The van der Waals surface area contributed by atoms with Crippen molar-refractivity contribution in [1.29, 1.82) is 0 Å². The van der Waals surface area contributed by atoms with Crippen molar-refractivity contribution in [3.63, 3.8) is 0 Å². The maximum absolute atomic E-state index is 13.6. The molecule has 0 aliphatic carbocycles. The Morgan fingerprint density at radius 2 is 1.50 bits per heavy atom. The molecule has 1 amide bonds. The van der Waals surface area contributed by atoms with Crippen molar-refractivity contribution in [2.45, 2.75) is 13.2 Å². The van der Waals surface area contributed by atoms with Crippen LogP contribution >= 0.6 is 11.8 Å². The van der Waals surface area contributed by atoms with Crippen molar-refractivity contribution < 1.29 is 14.5 Å². The normalized spacial score (nSPS) is 15.3. The van der Waals surface area contributed by atoms with Crippen molar-refractivity contribution >= 4 is 40.3 Å². The van der Waals surface area contributed by atoms with Gasteiger partial charge in [0.25, 0.3) is 11.6 Å². The number of aliphatic imine (C=N–C) groups is 1. The van der Waals surface area contributed by atoms with E-state index in [1.807, 2.05) is 91.0 Å². The first-order chi connectivity index (χ1) is 18.6. The van der Waals surface area contributed by atoms with E-state index in [9.17, 15) is 14.9 Å². The van der Waals surface area contributed by atoms with Crippen LogP contribution < -0.4 is 4.74 Å². The number of carbonyl (C=O) groups excluding carboxylic acids is 1. The highest BCUT2D eigenvalue weighted by molar-refractivity contribution is 8.18. The third kappa shape index (κ3) is 5.99. The third-order valence-corrected chi connectivity index (χ3v) is 6.81. The molecule has 1 aliphatic rings. The molecule has 8 heteroatoms. The third-order valence-electron chi connectivity index (χ3n) is 5.80. The van der Waals surface area contributed by atoms with E-state index in [1.54, 1.807) is 17.0 Å². The molecule has 0 saturated carbocycles. The second kappa shape index (κ2) is 11.6. The maximum atomic E-state index is 13.6. The van der Waals surface area contributed by atoms with Crippen LogP contribution in [0.4, 0.5) is 11.4 Å². The standard InChI is InChI=1S/C30H23N3O4S/c34-29-28(19-24-11-7-8-14-27(24)37-21-23-15-17-26(18-16-23)33(35)36)38-30(31-25-12-5-2-6-13-25)32(29)20-22-9-3-1-4-10-22/h1-19H,20-21H2/b28-19+,31-30?. The van der Waals surface area contributed by atoms with Crippen LogP contribution in [-0.4, -0.2) is 20.9 Å². The summed E-state index contributed by atoms with van der Waals surface area (Å²) in [5.41, 5.74) is 3.37. The van der Waals surface area contributed by atoms with E-state index in [2.05, 4.69) is 0 Å². The molecular weight excluding hydrogens is 498 g/mol. The maximum Gasteiger partial charge on any atom is 0.269 e. The Bertz CT molecular complexity index is 1500. The van der Waals surface area contributed by atoms with E-state index < -0.39 is 4.92 Å². The number of nitro groups is 1. The van der Waals surface area contributed by atoms with Crippen LogP contribution in [0.3, 0.4) is 0 Å². The van der Waals surface area contributed by atoms with E-state index in [1.165, 1.54) is 23.9 Å². The minimum atomic E-state index is -0.432. The summed E-state index contributed by atoms with van der Waals surface area (Å²) in [6.45, 7) is 0.647. The number of carbonyl (C=O) groups is 1. The summed E-state index contributed by atoms with van der Waals surface area (Å²) in [5.74, 6) is 0.480. The Balaban J connectivity index is 1.40. The lowest BCUT2D eigenvalue weighted by Gasteiger charge is -2.15. The Morgan fingerprint density at radius 1 is 0.842 bits per heavy atom. The molecule has 4 aromatic carbocycles. The summed E-state index contributed by atoms with van der Waals surface area (Å²) in [6.07, 6.45) is 1.82. The zero-order valence-corrected chi connectivity index (χ0v) is 21.1.